The van der Waals surface area contributed by atoms with E-state index in [1.165, 1.54) is 6.07 Å². The zero-order chi connectivity index (χ0) is 10.2. The van der Waals surface area contributed by atoms with Crippen LogP contribution in [0.5, 0.6) is 0 Å². The molecule has 0 saturated carbocycles. The van der Waals surface area contributed by atoms with Crippen LogP contribution in [0.1, 0.15) is 0 Å². The lowest BCUT2D eigenvalue weighted by Gasteiger charge is -2.03. The third kappa shape index (κ3) is 2.54. The van der Waals surface area contributed by atoms with E-state index in [4.69, 9.17) is 10.7 Å². The van der Waals surface area contributed by atoms with Crippen molar-refractivity contribution in [3.63, 3.8) is 0 Å². The van der Waals surface area contributed by atoms with Crippen LogP contribution >= 0.6 is 49.2 Å². The van der Waals surface area contributed by atoms with Crippen molar-refractivity contribution >= 4 is 58.3 Å². The molecule has 0 spiro atoms. The summed E-state index contributed by atoms with van der Waals surface area (Å²) >= 11 is 4.83. The molecular formula is C6H2BrClFIO2S. The van der Waals surface area contributed by atoms with Gasteiger partial charge in [-0.25, -0.2) is 12.8 Å². The topological polar surface area (TPSA) is 34.1 Å². The Balaban J connectivity index is 3.62. The standard InChI is InChI=1S/C6H2BrClFIO2S/c7-5-4(10)2-1-3(9)6(5)13(8,11)12/h1-2H. The van der Waals surface area contributed by atoms with Crippen LogP contribution in [0.25, 0.3) is 0 Å². The molecule has 0 bridgehead atoms. The molecule has 0 saturated heterocycles. The second-order valence-electron chi connectivity index (χ2n) is 2.11. The molecule has 72 valence electrons. The van der Waals surface area contributed by atoms with E-state index < -0.39 is 19.8 Å². The van der Waals surface area contributed by atoms with Crippen molar-refractivity contribution in [3.8, 4) is 0 Å². The van der Waals surface area contributed by atoms with E-state index in [1.807, 2.05) is 22.6 Å². The van der Waals surface area contributed by atoms with E-state index in [1.54, 1.807) is 0 Å². The van der Waals surface area contributed by atoms with Crippen LogP contribution in [-0.4, -0.2) is 8.42 Å². The minimum absolute atomic E-state index is 0.156. The van der Waals surface area contributed by atoms with Crippen LogP contribution in [0.3, 0.4) is 0 Å². The fourth-order valence-corrected chi connectivity index (χ4v) is 3.68. The molecule has 0 atom stereocenters. The van der Waals surface area contributed by atoms with Gasteiger partial charge in [-0.2, -0.15) is 0 Å². The van der Waals surface area contributed by atoms with Gasteiger partial charge >= 0.3 is 0 Å². The van der Waals surface area contributed by atoms with E-state index in [9.17, 15) is 12.8 Å². The number of hydrogen-bond acceptors (Lipinski definition) is 2. The van der Waals surface area contributed by atoms with Crippen LogP contribution in [-0.2, 0) is 9.05 Å². The molecule has 1 rings (SSSR count). The predicted molar refractivity (Wildman–Crippen MR) is 59.9 cm³/mol. The van der Waals surface area contributed by atoms with Crippen molar-refractivity contribution < 1.29 is 12.8 Å². The molecule has 0 aromatic heterocycles. The summed E-state index contributed by atoms with van der Waals surface area (Å²) in [6.45, 7) is 0. The summed E-state index contributed by atoms with van der Waals surface area (Å²) in [7, 11) is 0.999. The molecule has 0 radical (unpaired) electrons. The fraction of sp³-hybridized carbons (Fsp3) is 0. The first-order valence-electron chi connectivity index (χ1n) is 2.92. The monoisotopic (exact) mass is 398 g/mol. The summed E-state index contributed by atoms with van der Waals surface area (Å²) in [6.07, 6.45) is 0. The molecule has 0 aliphatic carbocycles. The molecule has 13 heavy (non-hydrogen) atoms. The second-order valence-corrected chi connectivity index (χ2v) is 6.57. The smallest absolute Gasteiger partial charge is 0.207 e. The maximum Gasteiger partial charge on any atom is 0.265 e. The molecule has 0 N–H and O–H groups in total. The Morgan fingerprint density at radius 2 is 2.00 bits per heavy atom. The molecule has 0 unspecified atom stereocenters. The zero-order valence-corrected chi connectivity index (χ0v) is 11.2. The Bertz CT molecular complexity index is 448. The van der Waals surface area contributed by atoms with Gasteiger partial charge in [0.2, 0.25) is 0 Å². The Morgan fingerprint density at radius 1 is 1.46 bits per heavy atom. The second kappa shape index (κ2) is 4.00. The molecule has 0 fully saturated rings. The molecule has 0 aliphatic heterocycles. The summed E-state index contributed by atoms with van der Waals surface area (Å²) in [4.78, 5) is -0.513. The quantitative estimate of drug-likeness (QED) is 0.413. The van der Waals surface area contributed by atoms with Gasteiger partial charge in [-0.05, 0) is 50.7 Å². The Labute approximate surface area is 101 Å². The van der Waals surface area contributed by atoms with Gasteiger partial charge in [-0.15, -0.1) is 0 Å². The van der Waals surface area contributed by atoms with Gasteiger partial charge in [0, 0.05) is 14.3 Å². The van der Waals surface area contributed by atoms with Gasteiger partial charge in [0.15, 0.2) is 0 Å². The average Bonchev–Trinajstić information content (AvgIpc) is 1.95. The highest BCUT2D eigenvalue weighted by atomic mass is 127. The molecule has 1 aromatic carbocycles. The largest absolute Gasteiger partial charge is 0.265 e. The molecule has 2 nitrogen and oxygen atoms in total. The SMILES string of the molecule is O=S(=O)(Cl)c1c(F)ccc(I)c1Br. The molecule has 0 heterocycles. The van der Waals surface area contributed by atoms with Crippen molar-refractivity contribution in [1.82, 2.24) is 0 Å². The van der Waals surface area contributed by atoms with Crippen molar-refractivity contribution in [3.05, 3.63) is 26.0 Å². The van der Waals surface area contributed by atoms with E-state index >= 15 is 0 Å². The highest BCUT2D eigenvalue weighted by Gasteiger charge is 2.21. The van der Waals surface area contributed by atoms with Gasteiger partial charge in [-0.3, -0.25) is 0 Å². The van der Waals surface area contributed by atoms with Crippen molar-refractivity contribution in [2.75, 3.05) is 0 Å². The lowest BCUT2D eigenvalue weighted by atomic mass is 10.3. The first kappa shape index (κ1) is 11.7. The highest BCUT2D eigenvalue weighted by molar-refractivity contribution is 14.1. The summed E-state index contributed by atoms with van der Waals surface area (Å²) in [5.74, 6) is -0.859. The van der Waals surface area contributed by atoms with Gasteiger partial charge in [0.1, 0.15) is 10.7 Å². The van der Waals surface area contributed by atoms with Crippen LogP contribution in [0.2, 0.25) is 0 Å². The van der Waals surface area contributed by atoms with Crippen LogP contribution in [0.15, 0.2) is 21.5 Å². The predicted octanol–water partition coefficient (Wildman–Crippen LogP) is 3.12. The fourth-order valence-electron chi connectivity index (χ4n) is 0.732. The first-order chi connectivity index (χ1) is 5.84. The Kier molecular flexibility index (Phi) is 3.59. The lowest BCUT2D eigenvalue weighted by molar-refractivity contribution is 0.573. The maximum atomic E-state index is 13.0. The number of hydrogen-bond donors (Lipinski definition) is 0. The van der Waals surface area contributed by atoms with E-state index in [-0.39, 0.29) is 4.47 Å². The summed E-state index contributed by atoms with van der Waals surface area (Å²) < 4.78 is 35.6. The number of rotatable bonds is 1. The van der Waals surface area contributed by atoms with Crippen LogP contribution in [0.4, 0.5) is 4.39 Å². The van der Waals surface area contributed by atoms with E-state index in [0.29, 0.717) is 3.57 Å². The minimum atomic E-state index is -4.04. The lowest BCUT2D eigenvalue weighted by Crippen LogP contribution is -1.98. The Hall–Kier alpha value is 0.600. The van der Waals surface area contributed by atoms with Crippen LogP contribution < -0.4 is 0 Å². The number of benzene rings is 1. The van der Waals surface area contributed by atoms with Crippen LogP contribution in [0, 0.1) is 9.39 Å². The number of halogens is 4. The molecule has 7 heteroatoms. The van der Waals surface area contributed by atoms with Crippen molar-refractivity contribution in [2.24, 2.45) is 0 Å². The van der Waals surface area contributed by atoms with Gasteiger partial charge in [-0.1, -0.05) is 0 Å². The zero-order valence-electron chi connectivity index (χ0n) is 5.89. The normalized spacial score (nSPS) is 11.7. The minimum Gasteiger partial charge on any atom is -0.207 e. The summed E-state index contributed by atoms with van der Waals surface area (Å²) in [5.41, 5.74) is 0. The Morgan fingerprint density at radius 3 is 2.38 bits per heavy atom. The summed E-state index contributed by atoms with van der Waals surface area (Å²) in [6, 6.07) is 2.51. The highest BCUT2D eigenvalue weighted by Crippen LogP contribution is 2.31. The third-order valence-corrected chi connectivity index (χ3v) is 5.32. The average molecular weight is 399 g/mol. The maximum absolute atomic E-state index is 13.0. The van der Waals surface area contributed by atoms with Crippen molar-refractivity contribution in [2.45, 2.75) is 4.90 Å². The van der Waals surface area contributed by atoms with Crippen molar-refractivity contribution in [1.29, 1.82) is 0 Å². The molecule has 0 aliphatic rings. The first-order valence-corrected chi connectivity index (χ1v) is 7.10. The van der Waals surface area contributed by atoms with E-state index in [0.717, 1.165) is 6.07 Å². The van der Waals surface area contributed by atoms with Gasteiger partial charge < -0.3 is 0 Å². The van der Waals surface area contributed by atoms with Gasteiger partial charge in [0.05, 0.1) is 4.47 Å². The summed E-state index contributed by atoms with van der Waals surface area (Å²) in [5, 5.41) is 0. The molecular weight excluding hydrogens is 397 g/mol. The third-order valence-electron chi connectivity index (χ3n) is 1.25. The van der Waals surface area contributed by atoms with Gasteiger partial charge in [0.25, 0.3) is 9.05 Å². The van der Waals surface area contributed by atoms with E-state index in [2.05, 4.69) is 15.9 Å². The molecule has 0 amide bonds. The molecule has 1 aromatic rings.